The topological polar surface area (TPSA) is 60.9 Å². The number of nitrogens with one attached hydrogen (secondary N) is 1. The smallest absolute Gasteiger partial charge is 0.130 e. The lowest BCUT2D eigenvalue weighted by atomic mass is 9.95. The number of aromatic amines is 1. The quantitative estimate of drug-likeness (QED) is 0.895. The van der Waals surface area contributed by atoms with Gasteiger partial charge in [0.15, 0.2) is 0 Å². The Hall–Kier alpha value is -1.79. The van der Waals surface area contributed by atoms with Gasteiger partial charge in [0.2, 0.25) is 0 Å². The monoisotopic (exact) mass is 354 g/mol. The second kappa shape index (κ2) is 7.45. The zero-order chi connectivity index (χ0) is 18.1. The minimum atomic E-state index is 0.386. The average molecular weight is 355 g/mol. The molecule has 0 spiro atoms. The number of hydrogen-bond donors (Lipinski definition) is 1. The van der Waals surface area contributed by atoms with Crippen molar-refractivity contribution in [3.05, 3.63) is 41.5 Å². The number of hydrogen-bond acceptors (Lipinski definition) is 5. The van der Waals surface area contributed by atoms with Gasteiger partial charge in [-0.2, -0.15) is 0 Å². The number of aryl methyl sites for hydroxylation is 1. The zero-order valence-corrected chi connectivity index (χ0v) is 16.1. The van der Waals surface area contributed by atoms with Crippen LogP contribution in [0.15, 0.2) is 18.7 Å². The van der Waals surface area contributed by atoms with E-state index in [0.717, 1.165) is 31.4 Å². The van der Waals surface area contributed by atoms with Gasteiger partial charge in [0, 0.05) is 68.3 Å². The van der Waals surface area contributed by atoms with E-state index in [2.05, 4.69) is 50.5 Å². The predicted molar refractivity (Wildman–Crippen MR) is 102 cm³/mol. The summed E-state index contributed by atoms with van der Waals surface area (Å²) in [5.74, 6) is 2.08. The highest BCUT2D eigenvalue weighted by Gasteiger charge is 2.35. The molecule has 6 nitrogen and oxygen atoms in total. The predicted octanol–water partition coefficient (Wildman–Crippen LogP) is 2.73. The maximum atomic E-state index is 4.54. The summed E-state index contributed by atoms with van der Waals surface area (Å²) in [7, 11) is 0. The van der Waals surface area contributed by atoms with Crippen LogP contribution in [0.25, 0.3) is 0 Å². The fraction of sp³-hybridized carbons (Fsp3) is 0.650. The first-order valence-corrected chi connectivity index (χ1v) is 9.84. The van der Waals surface area contributed by atoms with Crippen molar-refractivity contribution in [1.82, 2.24) is 29.7 Å². The molecule has 6 heteroatoms. The van der Waals surface area contributed by atoms with Gasteiger partial charge in [-0.1, -0.05) is 13.8 Å². The third kappa shape index (κ3) is 3.81. The zero-order valence-electron chi connectivity index (χ0n) is 16.1. The van der Waals surface area contributed by atoms with E-state index in [9.17, 15) is 0 Å². The van der Waals surface area contributed by atoms with E-state index in [4.69, 9.17) is 0 Å². The Morgan fingerprint density at radius 3 is 2.58 bits per heavy atom. The van der Waals surface area contributed by atoms with Gasteiger partial charge in [0.25, 0.3) is 0 Å². The van der Waals surface area contributed by atoms with Crippen molar-refractivity contribution < 1.29 is 0 Å². The van der Waals surface area contributed by atoms with Gasteiger partial charge >= 0.3 is 0 Å². The molecule has 1 N–H and O–H groups in total. The molecule has 3 aliphatic heterocycles. The molecule has 0 aromatic carbocycles. The van der Waals surface area contributed by atoms with Crippen molar-refractivity contribution in [2.24, 2.45) is 5.92 Å². The van der Waals surface area contributed by atoms with Crippen molar-refractivity contribution in [2.75, 3.05) is 19.6 Å². The Morgan fingerprint density at radius 2 is 1.88 bits per heavy atom. The van der Waals surface area contributed by atoms with Crippen LogP contribution < -0.4 is 0 Å². The van der Waals surface area contributed by atoms with Gasteiger partial charge in [0.05, 0.1) is 12.0 Å². The highest BCUT2D eigenvalue weighted by molar-refractivity contribution is 5.10. The molecule has 3 fully saturated rings. The van der Waals surface area contributed by atoms with Crippen LogP contribution in [0.2, 0.25) is 0 Å². The van der Waals surface area contributed by atoms with Gasteiger partial charge < -0.3 is 4.98 Å². The summed E-state index contributed by atoms with van der Waals surface area (Å²) < 4.78 is 0. The molecule has 0 saturated carbocycles. The molecule has 0 aliphatic carbocycles. The summed E-state index contributed by atoms with van der Waals surface area (Å²) in [5.41, 5.74) is 3.62. The molecule has 140 valence electrons. The van der Waals surface area contributed by atoms with Crippen LogP contribution in [0.5, 0.6) is 0 Å². The number of rotatable bonds is 5. The van der Waals surface area contributed by atoms with E-state index < -0.39 is 0 Å². The Bertz CT molecular complexity index is 722. The number of nitrogens with zero attached hydrogens (tertiary/aromatic N) is 5. The summed E-state index contributed by atoms with van der Waals surface area (Å²) >= 11 is 0. The van der Waals surface area contributed by atoms with Crippen molar-refractivity contribution in [2.45, 2.75) is 58.7 Å². The van der Waals surface area contributed by atoms with Crippen LogP contribution in [-0.4, -0.2) is 55.4 Å². The van der Waals surface area contributed by atoms with Gasteiger partial charge in [-0.15, -0.1) is 0 Å². The molecular weight excluding hydrogens is 324 g/mol. The molecule has 0 radical (unpaired) electrons. The van der Waals surface area contributed by atoms with E-state index in [-0.39, 0.29) is 0 Å². The summed E-state index contributed by atoms with van der Waals surface area (Å²) in [6, 6.07) is 0.623. The second-order valence-electron chi connectivity index (χ2n) is 8.30. The average Bonchev–Trinajstić information content (AvgIpc) is 2.84. The van der Waals surface area contributed by atoms with E-state index in [1.165, 1.54) is 42.9 Å². The van der Waals surface area contributed by atoms with Gasteiger partial charge in [-0.3, -0.25) is 9.80 Å². The van der Waals surface area contributed by atoms with Crippen molar-refractivity contribution in [3.63, 3.8) is 0 Å². The van der Waals surface area contributed by atoms with Crippen molar-refractivity contribution >= 4 is 0 Å². The number of imidazole rings is 1. The highest BCUT2D eigenvalue weighted by Crippen LogP contribution is 2.30. The molecule has 3 aliphatic rings. The third-order valence-electron chi connectivity index (χ3n) is 5.84. The normalized spacial score (nSPS) is 24.3. The fourth-order valence-corrected chi connectivity index (χ4v) is 4.34. The SMILES string of the molecule is Cc1[nH]cnc1CN1C[C@@H]2CC[C@H](C1)N(Cc1cnc(C(C)C)nc1)C2. The first-order chi connectivity index (χ1) is 12.6. The Balaban J connectivity index is 1.42. The van der Waals surface area contributed by atoms with Crippen molar-refractivity contribution in [1.29, 1.82) is 0 Å². The minimum absolute atomic E-state index is 0.386. The number of fused-ring (bicyclic) bond motifs is 4. The van der Waals surface area contributed by atoms with Crippen LogP contribution in [0.3, 0.4) is 0 Å². The number of aromatic nitrogens is 4. The second-order valence-corrected chi connectivity index (χ2v) is 8.30. The first-order valence-electron chi connectivity index (χ1n) is 9.84. The fourth-order valence-electron chi connectivity index (χ4n) is 4.34. The summed E-state index contributed by atoms with van der Waals surface area (Å²) in [5, 5.41) is 0. The highest BCUT2D eigenvalue weighted by atomic mass is 15.3. The standard InChI is InChI=1S/C20H30N6/c1-14(2)20-21-6-17(7-22-20)10-26-9-16-4-5-18(26)11-25(8-16)12-19-15(3)23-13-24-19/h6-7,13-14,16,18H,4-5,8-12H2,1-3H3,(H,23,24)/t16-,18+/m0/s1. The molecule has 2 aromatic heterocycles. The molecule has 3 saturated heterocycles. The maximum Gasteiger partial charge on any atom is 0.130 e. The molecule has 5 heterocycles. The summed E-state index contributed by atoms with van der Waals surface area (Å²) in [6.07, 6.45) is 8.49. The molecule has 2 atom stereocenters. The van der Waals surface area contributed by atoms with Crippen LogP contribution in [0.4, 0.5) is 0 Å². The summed E-state index contributed by atoms with van der Waals surface area (Å²) in [6.45, 7) is 11.8. The largest absolute Gasteiger partial charge is 0.348 e. The van der Waals surface area contributed by atoms with Gasteiger partial charge in [0.1, 0.15) is 5.82 Å². The molecule has 26 heavy (non-hydrogen) atoms. The third-order valence-corrected chi connectivity index (χ3v) is 5.84. The lowest BCUT2D eigenvalue weighted by Crippen LogP contribution is -2.43. The minimum Gasteiger partial charge on any atom is -0.348 e. The number of H-pyrrole nitrogens is 1. The molecule has 0 amide bonds. The maximum absolute atomic E-state index is 4.54. The molecule has 2 bridgehead atoms. The lowest BCUT2D eigenvalue weighted by Gasteiger charge is -2.36. The molecular formula is C20H30N6. The summed E-state index contributed by atoms with van der Waals surface area (Å²) in [4.78, 5) is 22.0. The van der Waals surface area contributed by atoms with E-state index in [0.29, 0.717) is 12.0 Å². The number of piperidine rings is 1. The van der Waals surface area contributed by atoms with Crippen molar-refractivity contribution in [3.8, 4) is 0 Å². The first kappa shape index (κ1) is 17.6. The molecule has 5 rings (SSSR count). The van der Waals surface area contributed by atoms with E-state index in [1.54, 1.807) is 0 Å². The lowest BCUT2D eigenvalue weighted by molar-refractivity contribution is 0.122. The van der Waals surface area contributed by atoms with E-state index >= 15 is 0 Å². The van der Waals surface area contributed by atoms with Crippen LogP contribution >= 0.6 is 0 Å². The van der Waals surface area contributed by atoms with Crippen LogP contribution in [0, 0.1) is 12.8 Å². The van der Waals surface area contributed by atoms with Gasteiger partial charge in [-0.05, 0) is 25.7 Å². The molecule has 0 unspecified atom stereocenters. The Kier molecular flexibility index (Phi) is 5.05. The Morgan fingerprint density at radius 1 is 1.08 bits per heavy atom. The Labute approximate surface area is 156 Å². The van der Waals surface area contributed by atoms with Crippen LogP contribution in [0.1, 0.15) is 55.4 Å². The van der Waals surface area contributed by atoms with E-state index in [1.807, 2.05) is 18.7 Å². The molecule has 2 aromatic rings. The van der Waals surface area contributed by atoms with Crippen LogP contribution in [-0.2, 0) is 13.1 Å². The van der Waals surface area contributed by atoms with Gasteiger partial charge in [-0.25, -0.2) is 15.0 Å².